The van der Waals surface area contributed by atoms with E-state index in [4.69, 9.17) is 14.2 Å². The van der Waals surface area contributed by atoms with Gasteiger partial charge in [-0.25, -0.2) is 8.42 Å². The number of rotatable bonds is 20. The fraction of sp³-hybridized carbons (Fsp3) is 0.567. The van der Waals surface area contributed by atoms with E-state index in [0.717, 1.165) is 18.4 Å². The molecule has 0 radical (unpaired) electrons. The average Bonchev–Trinajstić information content (AvgIpc) is 3.45. The largest absolute Gasteiger partial charge is 0.496 e. The lowest BCUT2D eigenvalue weighted by Crippen LogP contribution is -2.25. The third-order valence-electron chi connectivity index (χ3n) is 7.07. The van der Waals surface area contributed by atoms with E-state index in [1.54, 1.807) is 12.1 Å². The molecule has 3 rings (SSSR count). The molecule has 0 saturated heterocycles. The van der Waals surface area contributed by atoms with E-state index in [0.29, 0.717) is 12.3 Å². The number of tetrazole rings is 1. The molecule has 2 aromatic carbocycles. The Balaban J connectivity index is 1.71. The standard InChI is InChI=1S/C30H45N5O5S/c1-5-6-7-8-9-10-11-12-13-17-20-35-32-30(31-34-35)28(21-24-18-15-14-16-19-24)41(36,37)33-29-26(39-3)22-25(38-2)23-27(29)40-4/h14-16,18-19,22-23,28,33H,5-13,17,20-21H2,1-4H3. The first kappa shape index (κ1) is 32.2. The highest BCUT2D eigenvalue weighted by atomic mass is 32.2. The second-order valence-electron chi connectivity index (χ2n) is 10.2. The van der Waals surface area contributed by atoms with Crippen LogP contribution in [0, 0.1) is 0 Å². The van der Waals surface area contributed by atoms with Crippen LogP contribution >= 0.6 is 0 Å². The molecule has 1 N–H and O–H groups in total. The predicted octanol–water partition coefficient (Wildman–Crippen LogP) is 6.35. The maximum atomic E-state index is 13.9. The third-order valence-corrected chi connectivity index (χ3v) is 8.68. The quantitative estimate of drug-likeness (QED) is 0.152. The summed E-state index contributed by atoms with van der Waals surface area (Å²) >= 11 is 0. The Labute approximate surface area is 244 Å². The van der Waals surface area contributed by atoms with Crippen molar-refractivity contribution in [1.82, 2.24) is 20.2 Å². The minimum absolute atomic E-state index is 0.139. The third kappa shape index (κ3) is 9.91. The van der Waals surface area contributed by atoms with Crippen LogP contribution < -0.4 is 18.9 Å². The van der Waals surface area contributed by atoms with Crippen LogP contribution in [-0.2, 0) is 23.0 Å². The smallest absolute Gasteiger partial charge is 0.243 e. The molecule has 10 nitrogen and oxygen atoms in total. The van der Waals surface area contributed by atoms with Crippen molar-refractivity contribution < 1.29 is 22.6 Å². The van der Waals surface area contributed by atoms with Crippen molar-refractivity contribution in [2.45, 2.75) is 89.3 Å². The maximum Gasteiger partial charge on any atom is 0.243 e. The number of anilines is 1. The fourth-order valence-corrected chi connectivity index (χ4v) is 6.12. The summed E-state index contributed by atoms with van der Waals surface area (Å²) < 4.78 is 46.6. The monoisotopic (exact) mass is 587 g/mol. The van der Waals surface area contributed by atoms with Crippen LogP contribution in [0.15, 0.2) is 42.5 Å². The highest BCUT2D eigenvalue weighted by Crippen LogP contribution is 2.41. The second kappa shape index (κ2) is 16.8. The van der Waals surface area contributed by atoms with Crippen LogP contribution in [-0.4, -0.2) is 50.0 Å². The van der Waals surface area contributed by atoms with Gasteiger partial charge in [0, 0.05) is 12.1 Å². The van der Waals surface area contributed by atoms with E-state index in [1.807, 2.05) is 30.3 Å². The van der Waals surface area contributed by atoms with Gasteiger partial charge in [-0.3, -0.25) is 4.72 Å². The fourth-order valence-electron chi connectivity index (χ4n) is 4.71. The zero-order valence-corrected chi connectivity index (χ0v) is 25.7. The van der Waals surface area contributed by atoms with Gasteiger partial charge in [0.15, 0.2) is 5.82 Å². The molecule has 1 aromatic heterocycles. The minimum Gasteiger partial charge on any atom is -0.496 e. The Bertz CT molecular complexity index is 1260. The summed E-state index contributed by atoms with van der Waals surface area (Å²) in [5.74, 6) is 1.14. The van der Waals surface area contributed by atoms with Gasteiger partial charge in [0.25, 0.3) is 0 Å². The van der Waals surface area contributed by atoms with E-state index >= 15 is 0 Å². The van der Waals surface area contributed by atoms with Crippen molar-refractivity contribution in [2.24, 2.45) is 0 Å². The molecule has 1 atom stereocenters. The summed E-state index contributed by atoms with van der Waals surface area (Å²) in [6.45, 7) is 2.83. The van der Waals surface area contributed by atoms with E-state index in [-0.39, 0.29) is 29.4 Å². The maximum absolute atomic E-state index is 13.9. The van der Waals surface area contributed by atoms with Crippen LogP contribution in [0.5, 0.6) is 17.2 Å². The average molecular weight is 588 g/mol. The van der Waals surface area contributed by atoms with E-state index in [9.17, 15) is 8.42 Å². The molecule has 0 aliphatic heterocycles. The van der Waals surface area contributed by atoms with Gasteiger partial charge < -0.3 is 14.2 Å². The molecular formula is C30H45N5O5S. The zero-order chi connectivity index (χ0) is 29.5. The second-order valence-corrected chi connectivity index (χ2v) is 12.0. The highest BCUT2D eigenvalue weighted by Gasteiger charge is 2.34. The first-order valence-corrected chi connectivity index (χ1v) is 16.1. The number of hydrogen-bond donors (Lipinski definition) is 1. The van der Waals surface area contributed by atoms with Gasteiger partial charge in [-0.2, -0.15) is 4.80 Å². The Morgan fingerprint density at radius 3 is 1.98 bits per heavy atom. The molecule has 11 heteroatoms. The van der Waals surface area contributed by atoms with Crippen molar-refractivity contribution in [3.05, 3.63) is 53.9 Å². The van der Waals surface area contributed by atoms with Crippen LogP contribution in [0.4, 0.5) is 5.69 Å². The number of benzene rings is 2. The number of aryl methyl sites for hydroxylation is 1. The molecule has 0 aliphatic carbocycles. The Morgan fingerprint density at radius 2 is 1.41 bits per heavy atom. The predicted molar refractivity (Wildman–Crippen MR) is 161 cm³/mol. The van der Waals surface area contributed by atoms with Gasteiger partial charge in [-0.15, -0.1) is 10.2 Å². The van der Waals surface area contributed by atoms with Crippen molar-refractivity contribution in [2.75, 3.05) is 26.1 Å². The summed E-state index contributed by atoms with van der Waals surface area (Å²) in [5, 5.41) is 11.8. The summed E-state index contributed by atoms with van der Waals surface area (Å²) in [6.07, 6.45) is 12.5. The molecule has 1 heterocycles. The van der Waals surface area contributed by atoms with E-state index < -0.39 is 15.3 Å². The summed E-state index contributed by atoms with van der Waals surface area (Å²) in [6, 6.07) is 12.6. The SMILES string of the molecule is CCCCCCCCCCCCn1nnc(C(Cc2ccccc2)S(=O)(=O)Nc2c(OC)cc(OC)cc2OC)n1. The molecule has 0 bridgehead atoms. The normalized spacial score (nSPS) is 12.2. The molecule has 3 aromatic rings. The number of methoxy groups -OCH3 is 3. The van der Waals surface area contributed by atoms with Crippen molar-refractivity contribution in [1.29, 1.82) is 0 Å². The number of ether oxygens (including phenoxy) is 3. The Morgan fingerprint density at radius 1 is 0.829 bits per heavy atom. The number of unbranched alkanes of at least 4 members (excludes halogenated alkanes) is 9. The molecule has 226 valence electrons. The van der Waals surface area contributed by atoms with E-state index in [1.165, 1.54) is 77.5 Å². The topological polar surface area (TPSA) is 117 Å². The van der Waals surface area contributed by atoms with Gasteiger partial charge in [-0.1, -0.05) is 95.0 Å². The van der Waals surface area contributed by atoms with Gasteiger partial charge in [0.2, 0.25) is 10.0 Å². The number of sulfonamides is 1. The minimum atomic E-state index is -4.07. The van der Waals surface area contributed by atoms with Crippen LogP contribution in [0.2, 0.25) is 0 Å². The number of hydrogen-bond acceptors (Lipinski definition) is 8. The summed E-state index contributed by atoms with van der Waals surface area (Å²) in [5.41, 5.74) is 1.01. The van der Waals surface area contributed by atoms with Crippen molar-refractivity contribution in [3.63, 3.8) is 0 Å². The Hall–Kier alpha value is -3.34. The summed E-state index contributed by atoms with van der Waals surface area (Å²) in [4.78, 5) is 1.50. The Kier molecular flexibility index (Phi) is 13.2. The zero-order valence-electron chi connectivity index (χ0n) is 24.8. The lowest BCUT2D eigenvalue weighted by Gasteiger charge is -2.20. The molecule has 41 heavy (non-hydrogen) atoms. The molecule has 0 spiro atoms. The molecule has 1 unspecified atom stereocenters. The lowest BCUT2D eigenvalue weighted by molar-refractivity contribution is 0.378. The van der Waals surface area contributed by atoms with Gasteiger partial charge >= 0.3 is 0 Å². The molecule has 0 aliphatic rings. The highest BCUT2D eigenvalue weighted by molar-refractivity contribution is 7.93. The van der Waals surface area contributed by atoms with Crippen molar-refractivity contribution in [3.8, 4) is 17.2 Å². The number of nitrogens with one attached hydrogen (secondary N) is 1. The summed E-state index contributed by atoms with van der Waals surface area (Å²) in [7, 11) is 0.346. The molecule has 0 saturated carbocycles. The molecule has 0 fully saturated rings. The first-order chi connectivity index (χ1) is 19.9. The van der Waals surface area contributed by atoms with Crippen molar-refractivity contribution >= 4 is 15.7 Å². The van der Waals surface area contributed by atoms with E-state index in [2.05, 4.69) is 27.1 Å². The number of nitrogens with zero attached hydrogens (tertiary/aromatic N) is 4. The lowest BCUT2D eigenvalue weighted by atomic mass is 10.1. The van der Waals surface area contributed by atoms with Crippen LogP contribution in [0.3, 0.4) is 0 Å². The number of aromatic nitrogens is 4. The van der Waals surface area contributed by atoms with Gasteiger partial charge in [-0.05, 0) is 23.6 Å². The molecular weight excluding hydrogens is 542 g/mol. The van der Waals surface area contributed by atoms with Crippen LogP contribution in [0.1, 0.15) is 87.8 Å². The first-order valence-electron chi connectivity index (χ1n) is 14.5. The van der Waals surface area contributed by atoms with Crippen LogP contribution in [0.25, 0.3) is 0 Å². The van der Waals surface area contributed by atoms with Gasteiger partial charge in [0.1, 0.15) is 28.2 Å². The van der Waals surface area contributed by atoms with Gasteiger partial charge in [0.05, 0.1) is 27.9 Å². The molecule has 0 amide bonds.